The summed E-state index contributed by atoms with van der Waals surface area (Å²) < 4.78 is 5.35. The molecule has 1 aliphatic rings. The average molecular weight is 344 g/mol. The standard InChI is InChI=1S/C19H18ClNO3/c1-11-7-17(22)15(18(8-11)24-2)10-14-13-9-12(5-6-20)3-4-16(13)21-19(14)23/h3-4,7-10,22H,5-6H2,1-2H3,(H,21,23). The van der Waals surface area contributed by atoms with Crippen LogP contribution in [-0.2, 0) is 11.2 Å². The van der Waals surface area contributed by atoms with Gasteiger partial charge in [-0.1, -0.05) is 6.07 Å². The van der Waals surface area contributed by atoms with Crippen LogP contribution in [-0.4, -0.2) is 24.0 Å². The van der Waals surface area contributed by atoms with Crippen molar-refractivity contribution in [1.29, 1.82) is 0 Å². The molecule has 1 heterocycles. The summed E-state index contributed by atoms with van der Waals surface area (Å²) in [5, 5.41) is 13.1. The summed E-state index contributed by atoms with van der Waals surface area (Å²) in [6.07, 6.45) is 2.40. The van der Waals surface area contributed by atoms with Crippen LogP contribution in [0.3, 0.4) is 0 Å². The second-order valence-corrected chi connectivity index (χ2v) is 6.11. The van der Waals surface area contributed by atoms with Gasteiger partial charge in [-0.2, -0.15) is 0 Å². The third kappa shape index (κ3) is 2.97. The molecule has 0 aliphatic carbocycles. The molecule has 0 saturated heterocycles. The smallest absolute Gasteiger partial charge is 0.256 e. The van der Waals surface area contributed by atoms with Gasteiger partial charge >= 0.3 is 0 Å². The first kappa shape index (κ1) is 16.4. The van der Waals surface area contributed by atoms with Crippen molar-refractivity contribution in [3.8, 4) is 11.5 Å². The normalized spacial score (nSPS) is 14.6. The Bertz CT molecular complexity index is 843. The Morgan fingerprint density at radius 1 is 1.29 bits per heavy atom. The molecule has 4 nitrogen and oxygen atoms in total. The van der Waals surface area contributed by atoms with Crippen molar-refractivity contribution in [2.24, 2.45) is 0 Å². The van der Waals surface area contributed by atoms with Crippen LogP contribution in [0.25, 0.3) is 11.6 Å². The van der Waals surface area contributed by atoms with Crippen molar-refractivity contribution in [1.82, 2.24) is 0 Å². The minimum absolute atomic E-state index is 0.0810. The number of halogens is 1. The maximum Gasteiger partial charge on any atom is 0.256 e. The monoisotopic (exact) mass is 343 g/mol. The number of methoxy groups -OCH3 is 1. The Hall–Kier alpha value is -2.46. The van der Waals surface area contributed by atoms with Crippen LogP contribution in [0.4, 0.5) is 5.69 Å². The van der Waals surface area contributed by atoms with E-state index in [1.54, 1.807) is 12.1 Å². The third-order valence-corrected chi connectivity index (χ3v) is 4.21. The molecule has 0 atom stereocenters. The molecule has 0 unspecified atom stereocenters. The second kappa shape index (κ2) is 6.57. The lowest BCUT2D eigenvalue weighted by Gasteiger charge is -2.09. The molecule has 0 saturated carbocycles. The van der Waals surface area contributed by atoms with Gasteiger partial charge in [-0.05, 0) is 54.8 Å². The first-order chi connectivity index (χ1) is 11.5. The largest absolute Gasteiger partial charge is 0.507 e. The summed E-state index contributed by atoms with van der Waals surface area (Å²) in [5.41, 5.74) is 4.50. The Kier molecular flexibility index (Phi) is 4.49. The molecule has 24 heavy (non-hydrogen) atoms. The van der Waals surface area contributed by atoms with Gasteiger partial charge in [-0.15, -0.1) is 11.6 Å². The highest BCUT2D eigenvalue weighted by Gasteiger charge is 2.25. The molecular weight excluding hydrogens is 326 g/mol. The van der Waals surface area contributed by atoms with Crippen molar-refractivity contribution < 1.29 is 14.6 Å². The second-order valence-electron chi connectivity index (χ2n) is 5.73. The van der Waals surface area contributed by atoms with E-state index in [9.17, 15) is 9.90 Å². The van der Waals surface area contributed by atoms with Gasteiger partial charge in [0.15, 0.2) is 0 Å². The molecule has 1 aliphatic heterocycles. The number of hydrogen-bond acceptors (Lipinski definition) is 3. The van der Waals surface area contributed by atoms with Crippen LogP contribution >= 0.6 is 11.6 Å². The van der Waals surface area contributed by atoms with E-state index in [4.69, 9.17) is 16.3 Å². The zero-order valence-corrected chi connectivity index (χ0v) is 14.3. The lowest BCUT2D eigenvalue weighted by atomic mass is 9.99. The zero-order chi connectivity index (χ0) is 17.3. The van der Waals surface area contributed by atoms with Gasteiger partial charge in [0.2, 0.25) is 0 Å². The number of hydrogen-bond donors (Lipinski definition) is 2. The van der Waals surface area contributed by atoms with Crippen molar-refractivity contribution >= 4 is 34.8 Å². The molecule has 0 fully saturated rings. The molecule has 2 N–H and O–H groups in total. The quantitative estimate of drug-likeness (QED) is 0.652. The highest BCUT2D eigenvalue weighted by Crippen LogP contribution is 2.38. The van der Waals surface area contributed by atoms with Crippen LogP contribution < -0.4 is 10.1 Å². The van der Waals surface area contributed by atoms with Gasteiger partial charge in [-0.3, -0.25) is 4.79 Å². The molecule has 0 radical (unpaired) electrons. The molecule has 0 bridgehead atoms. The van der Waals surface area contributed by atoms with E-state index in [0.29, 0.717) is 22.8 Å². The summed E-state index contributed by atoms with van der Waals surface area (Å²) in [4.78, 5) is 12.4. The highest BCUT2D eigenvalue weighted by atomic mass is 35.5. The number of benzene rings is 2. The predicted molar refractivity (Wildman–Crippen MR) is 96.8 cm³/mol. The number of carbonyl (C=O) groups excluding carboxylic acids is 1. The summed E-state index contributed by atoms with van der Waals surface area (Å²) in [6, 6.07) is 9.26. The fraction of sp³-hybridized carbons (Fsp3) is 0.211. The molecule has 3 rings (SSSR count). The number of aryl methyl sites for hydroxylation is 2. The number of aromatic hydroxyl groups is 1. The number of carbonyl (C=O) groups is 1. The van der Waals surface area contributed by atoms with Gasteiger partial charge in [0, 0.05) is 22.7 Å². The number of amides is 1. The molecular formula is C19H18ClNO3. The first-order valence-electron chi connectivity index (χ1n) is 7.63. The number of nitrogens with one attached hydrogen (secondary N) is 1. The van der Waals surface area contributed by atoms with Crippen molar-refractivity contribution in [3.63, 3.8) is 0 Å². The fourth-order valence-corrected chi connectivity index (χ4v) is 3.07. The van der Waals surface area contributed by atoms with Crippen LogP contribution in [0, 0.1) is 6.92 Å². The summed E-state index contributed by atoms with van der Waals surface area (Å²) >= 11 is 5.81. The number of anilines is 1. The molecule has 2 aromatic carbocycles. The molecule has 0 spiro atoms. The van der Waals surface area contributed by atoms with Gasteiger partial charge in [-0.25, -0.2) is 0 Å². The number of phenols is 1. The number of rotatable bonds is 4. The number of alkyl halides is 1. The van der Waals surface area contributed by atoms with E-state index in [-0.39, 0.29) is 11.7 Å². The van der Waals surface area contributed by atoms with E-state index in [0.717, 1.165) is 28.8 Å². The topological polar surface area (TPSA) is 58.6 Å². The van der Waals surface area contributed by atoms with Crippen molar-refractivity contribution in [3.05, 3.63) is 52.6 Å². The molecule has 124 valence electrons. The number of phenolic OH excluding ortho intramolecular Hbond substituents is 1. The Balaban J connectivity index is 2.13. The average Bonchev–Trinajstić information content (AvgIpc) is 2.85. The molecule has 2 aromatic rings. The van der Waals surface area contributed by atoms with Crippen LogP contribution in [0.1, 0.15) is 22.3 Å². The van der Waals surface area contributed by atoms with Crippen LogP contribution in [0.5, 0.6) is 11.5 Å². The van der Waals surface area contributed by atoms with Crippen molar-refractivity contribution in [2.75, 3.05) is 18.3 Å². The molecule has 0 aromatic heterocycles. The minimum atomic E-state index is -0.199. The molecule has 5 heteroatoms. The lowest BCUT2D eigenvalue weighted by molar-refractivity contribution is -0.110. The Morgan fingerprint density at radius 2 is 2.08 bits per heavy atom. The van der Waals surface area contributed by atoms with E-state index < -0.39 is 0 Å². The van der Waals surface area contributed by atoms with Crippen LogP contribution in [0.15, 0.2) is 30.3 Å². The van der Waals surface area contributed by atoms with Gasteiger partial charge in [0.05, 0.1) is 12.7 Å². The highest BCUT2D eigenvalue weighted by molar-refractivity contribution is 6.35. The summed E-state index contributed by atoms with van der Waals surface area (Å²) in [7, 11) is 1.54. The lowest BCUT2D eigenvalue weighted by Crippen LogP contribution is -2.03. The van der Waals surface area contributed by atoms with Gasteiger partial charge in [0.25, 0.3) is 5.91 Å². The summed E-state index contributed by atoms with van der Waals surface area (Å²) in [5.74, 6) is 0.928. The van der Waals surface area contributed by atoms with Gasteiger partial charge < -0.3 is 15.2 Å². The molecule has 1 amide bonds. The number of fused-ring (bicyclic) bond motifs is 1. The van der Waals surface area contributed by atoms with Crippen molar-refractivity contribution in [2.45, 2.75) is 13.3 Å². The van der Waals surface area contributed by atoms with Gasteiger partial charge in [0.1, 0.15) is 11.5 Å². The van der Waals surface area contributed by atoms with E-state index in [1.165, 1.54) is 7.11 Å². The predicted octanol–water partition coefficient (Wildman–Crippen LogP) is 3.98. The van der Waals surface area contributed by atoms with E-state index in [2.05, 4.69) is 5.32 Å². The maximum absolute atomic E-state index is 12.4. The Labute approximate surface area is 145 Å². The number of ether oxygens (including phenoxy) is 1. The van der Waals surface area contributed by atoms with E-state index in [1.807, 2.05) is 31.2 Å². The third-order valence-electron chi connectivity index (χ3n) is 4.02. The Morgan fingerprint density at radius 3 is 2.79 bits per heavy atom. The first-order valence-corrected chi connectivity index (χ1v) is 8.17. The maximum atomic E-state index is 12.4. The summed E-state index contributed by atoms with van der Waals surface area (Å²) in [6.45, 7) is 1.87. The van der Waals surface area contributed by atoms with E-state index >= 15 is 0 Å². The van der Waals surface area contributed by atoms with Crippen LogP contribution in [0.2, 0.25) is 0 Å². The zero-order valence-electron chi connectivity index (χ0n) is 13.5. The SMILES string of the molecule is COc1cc(C)cc(O)c1C=C1C(=O)Nc2ccc(CCCl)cc21. The minimum Gasteiger partial charge on any atom is -0.507 e. The fourth-order valence-electron chi connectivity index (χ4n) is 2.85.